The Balaban J connectivity index is 2.20. The molecule has 1 heterocycles. The van der Waals surface area contributed by atoms with Crippen molar-refractivity contribution in [3.05, 3.63) is 30.5 Å². The van der Waals surface area contributed by atoms with Gasteiger partial charge in [0.15, 0.2) is 6.10 Å². The Hall–Kier alpha value is -2.74. The van der Waals surface area contributed by atoms with Crippen molar-refractivity contribution in [2.24, 2.45) is 0 Å². The van der Waals surface area contributed by atoms with Gasteiger partial charge >= 0.3 is 0 Å². The van der Waals surface area contributed by atoms with Crippen LogP contribution in [0, 0.1) is 12.3 Å². The Morgan fingerprint density at radius 3 is 2.71 bits per heavy atom. The van der Waals surface area contributed by atoms with Gasteiger partial charge in [-0.1, -0.05) is 12.8 Å². The maximum absolute atomic E-state index is 12.4. The number of hydrogen-bond donors (Lipinski definition) is 1. The monoisotopic (exact) mass is 326 g/mol. The molecule has 1 unspecified atom stereocenters. The molecule has 0 fully saturated rings. The molecule has 126 valence electrons. The summed E-state index contributed by atoms with van der Waals surface area (Å²) in [5.41, 5.74) is 0.114. The molecule has 1 aromatic heterocycles. The van der Waals surface area contributed by atoms with E-state index in [0.717, 1.165) is 10.9 Å². The first kappa shape index (κ1) is 17.6. The molecular weight excluding hydrogens is 304 g/mol. The second-order valence-electron chi connectivity index (χ2n) is 6.00. The maximum Gasteiger partial charge on any atom is 0.262 e. The van der Waals surface area contributed by atoms with E-state index in [-0.39, 0.29) is 5.91 Å². The van der Waals surface area contributed by atoms with Gasteiger partial charge in [0.2, 0.25) is 0 Å². The van der Waals surface area contributed by atoms with Crippen LogP contribution in [-0.4, -0.2) is 29.6 Å². The molecule has 1 amide bonds. The molecule has 0 bridgehead atoms. The molecule has 0 saturated carbocycles. The van der Waals surface area contributed by atoms with E-state index in [1.54, 1.807) is 33.2 Å². The summed E-state index contributed by atoms with van der Waals surface area (Å²) < 4.78 is 11.0. The quantitative estimate of drug-likeness (QED) is 0.829. The smallest absolute Gasteiger partial charge is 0.262 e. The highest BCUT2D eigenvalue weighted by molar-refractivity contribution is 5.83. The van der Waals surface area contributed by atoms with E-state index in [2.05, 4.69) is 16.2 Å². The topological polar surface area (TPSA) is 60.5 Å². The molecule has 0 radical (unpaired) electrons. The van der Waals surface area contributed by atoms with Crippen LogP contribution in [0.25, 0.3) is 10.9 Å². The van der Waals surface area contributed by atoms with Crippen LogP contribution in [-0.2, 0) is 4.79 Å². The Bertz CT molecular complexity index is 778. The lowest BCUT2D eigenvalue weighted by atomic mass is 10.1. The first-order valence-electron chi connectivity index (χ1n) is 7.78. The Kier molecular flexibility index (Phi) is 5.30. The van der Waals surface area contributed by atoms with Crippen molar-refractivity contribution in [1.82, 2.24) is 10.3 Å². The number of amides is 1. The van der Waals surface area contributed by atoms with E-state index < -0.39 is 11.6 Å². The van der Waals surface area contributed by atoms with Gasteiger partial charge in [0.05, 0.1) is 24.4 Å². The maximum atomic E-state index is 12.4. The summed E-state index contributed by atoms with van der Waals surface area (Å²) >= 11 is 0. The second kappa shape index (κ2) is 7.22. The zero-order chi connectivity index (χ0) is 17.7. The summed E-state index contributed by atoms with van der Waals surface area (Å²) in [7, 11) is 1.59. The number of rotatable bonds is 6. The summed E-state index contributed by atoms with van der Waals surface area (Å²) in [5.74, 6) is 3.57. The van der Waals surface area contributed by atoms with Gasteiger partial charge in [0.25, 0.3) is 5.91 Å². The predicted molar refractivity (Wildman–Crippen MR) is 94.1 cm³/mol. The highest BCUT2D eigenvalue weighted by atomic mass is 16.5. The van der Waals surface area contributed by atoms with E-state index in [1.807, 2.05) is 25.1 Å². The van der Waals surface area contributed by atoms with Gasteiger partial charge in [0.1, 0.15) is 11.5 Å². The molecule has 5 nitrogen and oxygen atoms in total. The molecular formula is C19H22N2O3. The number of terminal acetylenes is 1. The van der Waals surface area contributed by atoms with Crippen molar-refractivity contribution in [1.29, 1.82) is 0 Å². The van der Waals surface area contributed by atoms with Gasteiger partial charge in [-0.3, -0.25) is 9.78 Å². The molecule has 0 spiro atoms. The number of nitrogens with zero attached hydrogens (tertiary/aromatic N) is 1. The summed E-state index contributed by atoms with van der Waals surface area (Å²) in [6, 6.07) is 7.36. The van der Waals surface area contributed by atoms with E-state index in [0.29, 0.717) is 17.9 Å². The number of benzene rings is 1. The fraction of sp³-hybridized carbons (Fsp3) is 0.368. The minimum atomic E-state index is -0.714. The standard InChI is InChI=1S/C19H22N2O3/c1-6-17(18(22)21-19(3,4)7-2)24-14-8-9-16-13(10-14)11-15(23-5)12-20-16/h2,8-12,17H,6H2,1,3-5H3,(H,21,22). The lowest BCUT2D eigenvalue weighted by Gasteiger charge is -2.24. The van der Waals surface area contributed by atoms with Gasteiger partial charge in [-0.2, -0.15) is 0 Å². The minimum Gasteiger partial charge on any atom is -0.495 e. The van der Waals surface area contributed by atoms with Gasteiger partial charge in [-0.25, -0.2) is 0 Å². The van der Waals surface area contributed by atoms with Gasteiger partial charge in [-0.15, -0.1) is 6.42 Å². The highest BCUT2D eigenvalue weighted by Crippen LogP contribution is 2.24. The third-order valence-electron chi connectivity index (χ3n) is 3.60. The lowest BCUT2D eigenvalue weighted by Crippen LogP contribution is -2.48. The van der Waals surface area contributed by atoms with Crippen LogP contribution < -0.4 is 14.8 Å². The SMILES string of the molecule is C#CC(C)(C)NC(=O)C(CC)Oc1ccc2ncc(OC)cc2c1. The molecule has 0 aliphatic rings. The van der Waals surface area contributed by atoms with Crippen molar-refractivity contribution >= 4 is 16.8 Å². The molecule has 1 N–H and O–H groups in total. The van der Waals surface area contributed by atoms with Crippen molar-refractivity contribution in [3.8, 4) is 23.8 Å². The molecule has 0 saturated heterocycles. The van der Waals surface area contributed by atoms with Crippen LogP contribution in [0.4, 0.5) is 0 Å². The zero-order valence-corrected chi connectivity index (χ0v) is 14.4. The largest absolute Gasteiger partial charge is 0.495 e. The highest BCUT2D eigenvalue weighted by Gasteiger charge is 2.24. The summed E-state index contributed by atoms with van der Waals surface area (Å²) in [5, 5.41) is 3.68. The zero-order valence-electron chi connectivity index (χ0n) is 14.4. The third kappa shape index (κ3) is 4.17. The summed E-state index contributed by atoms with van der Waals surface area (Å²) in [6.07, 6.45) is 6.99. The average molecular weight is 326 g/mol. The van der Waals surface area contributed by atoms with Crippen LogP contribution in [0.1, 0.15) is 27.2 Å². The number of ether oxygens (including phenoxy) is 2. The van der Waals surface area contributed by atoms with Crippen molar-refractivity contribution in [3.63, 3.8) is 0 Å². The first-order chi connectivity index (χ1) is 11.4. The molecule has 5 heteroatoms. The third-order valence-corrected chi connectivity index (χ3v) is 3.60. The van der Waals surface area contributed by atoms with Crippen LogP contribution >= 0.6 is 0 Å². The number of hydrogen-bond acceptors (Lipinski definition) is 4. The van der Waals surface area contributed by atoms with Crippen LogP contribution in [0.5, 0.6) is 11.5 Å². The van der Waals surface area contributed by atoms with E-state index >= 15 is 0 Å². The Labute approximate surface area is 142 Å². The molecule has 1 aromatic carbocycles. The molecule has 2 aromatic rings. The summed E-state index contributed by atoms with van der Waals surface area (Å²) in [4.78, 5) is 16.7. The fourth-order valence-electron chi connectivity index (χ4n) is 2.19. The fourth-order valence-corrected chi connectivity index (χ4v) is 2.19. The van der Waals surface area contributed by atoms with Gasteiger partial charge in [0, 0.05) is 5.39 Å². The molecule has 2 rings (SSSR count). The van der Waals surface area contributed by atoms with E-state index in [4.69, 9.17) is 15.9 Å². The molecule has 1 atom stereocenters. The van der Waals surface area contributed by atoms with Crippen LogP contribution in [0.15, 0.2) is 30.5 Å². The number of carbonyl (C=O) groups excluding carboxylic acids is 1. The molecule has 0 aliphatic heterocycles. The summed E-state index contributed by atoms with van der Waals surface area (Å²) in [6.45, 7) is 5.43. The Morgan fingerprint density at radius 2 is 2.08 bits per heavy atom. The van der Waals surface area contributed by atoms with Crippen molar-refractivity contribution in [2.45, 2.75) is 38.8 Å². The lowest BCUT2D eigenvalue weighted by molar-refractivity contribution is -0.129. The van der Waals surface area contributed by atoms with Crippen molar-refractivity contribution < 1.29 is 14.3 Å². The number of carbonyl (C=O) groups is 1. The first-order valence-corrected chi connectivity index (χ1v) is 7.78. The number of fused-ring (bicyclic) bond motifs is 1. The second-order valence-corrected chi connectivity index (χ2v) is 6.00. The van der Waals surface area contributed by atoms with Crippen molar-refractivity contribution in [2.75, 3.05) is 7.11 Å². The van der Waals surface area contributed by atoms with Crippen LogP contribution in [0.3, 0.4) is 0 Å². The van der Waals surface area contributed by atoms with Gasteiger partial charge in [-0.05, 0) is 44.5 Å². The van der Waals surface area contributed by atoms with E-state index in [9.17, 15) is 4.79 Å². The number of nitrogens with one attached hydrogen (secondary N) is 1. The van der Waals surface area contributed by atoms with Crippen LogP contribution in [0.2, 0.25) is 0 Å². The molecule has 0 aliphatic carbocycles. The Morgan fingerprint density at radius 1 is 1.38 bits per heavy atom. The van der Waals surface area contributed by atoms with Gasteiger partial charge < -0.3 is 14.8 Å². The molecule has 24 heavy (non-hydrogen) atoms. The number of pyridine rings is 1. The normalized spacial score (nSPS) is 12.3. The minimum absolute atomic E-state index is 0.232. The predicted octanol–water partition coefficient (Wildman–Crippen LogP) is 2.93. The van der Waals surface area contributed by atoms with E-state index in [1.165, 1.54) is 0 Å². The average Bonchev–Trinajstić information content (AvgIpc) is 2.58. The number of aromatic nitrogens is 1. The number of methoxy groups -OCH3 is 1.